The zero-order valence-electron chi connectivity index (χ0n) is 10.7. The van der Waals surface area contributed by atoms with E-state index in [-0.39, 0.29) is 17.3 Å². The van der Waals surface area contributed by atoms with Gasteiger partial charge in [0.1, 0.15) is 5.69 Å². The monoisotopic (exact) mass is 272 g/mol. The average molecular weight is 272 g/mol. The summed E-state index contributed by atoms with van der Waals surface area (Å²) >= 11 is 0. The number of nitrogens with zero attached hydrogens (tertiary/aromatic N) is 2. The van der Waals surface area contributed by atoms with Crippen LogP contribution in [0, 0.1) is 10.1 Å². The third-order valence-electron chi connectivity index (χ3n) is 2.61. The standard InChI is InChI=1S/C13H12N4O3/c1-8(18)16-9-4-5-10(11(14)7-9)13-12(17(19)20)3-2-6-15-13/h2-7H,14H2,1H3,(H,16,18). The Hall–Kier alpha value is -2.96. The number of anilines is 2. The van der Waals surface area contributed by atoms with E-state index in [9.17, 15) is 14.9 Å². The maximum atomic E-state index is 11.0. The molecule has 2 rings (SSSR count). The first-order chi connectivity index (χ1) is 9.49. The van der Waals surface area contributed by atoms with Gasteiger partial charge in [0.05, 0.1) is 4.92 Å². The third-order valence-corrected chi connectivity index (χ3v) is 2.61. The Labute approximate surface area is 114 Å². The van der Waals surface area contributed by atoms with Crippen molar-refractivity contribution in [2.45, 2.75) is 6.92 Å². The highest BCUT2D eigenvalue weighted by Gasteiger charge is 2.18. The zero-order valence-corrected chi connectivity index (χ0v) is 10.7. The number of nitrogen functional groups attached to an aromatic ring is 1. The normalized spacial score (nSPS) is 10.1. The molecule has 0 saturated carbocycles. The molecule has 0 bridgehead atoms. The molecule has 0 atom stereocenters. The van der Waals surface area contributed by atoms with Gasteiger partial charge in [0.25, 0.3) is 5.69 Å². The molecule has 0 saturated heterocycles. The molecule has 3 N–H and O–H groups in total. The number of nitrogens with two attached hydrogens (primary N) is 1. The maximum Gasteiger partial charge on any atom is 0.295 e. The molecule has 0 fully saturated rings. The van der Waals surface area contributed by atoms with Gasteiger partial charge in [0.2, 0.25) is 5.91 Å². The van der Waals surface area contributed by atoms with Gasteiger partial charge in [-0.05, 0) is 24.3 Å². The Balaban J connectivity index is 2.49. The van der Waals surface area contributed by atoms with Crippen molar-refractivity contribution in [3.8, 4) is 11.3 Å². The zero-order chi connectivity index (χ0) is 14.7. The maximum absolute atomic E-state index is 11.0. The summed E-state index contributed by atoms with van der Waals surface area (Å²) < 4.78 is 0. The second-order valence-corrected chi connectivity index (χ2v) is 4.11. The molecular weight excluding hydrogens is 260 g/mol. The lowest BCUT2D eigenvalue weighted by Gasteiger charge is -2.08. The molecule has 0 radical (unpaired) electrons. The highest BCUT2D eigenvalue weighted by molar-refractivity contribution is 5.91. The summed E-state index contributed by atoms with van der Waals surface area (Å²) in [5, 5.41) is 13.6. The average Bonchev–Trinajstić information content (AvgIpc) is 2.38. The number of nitro groups is 1. The van der Waals surface area contributed by atoms with Crippen molar-refractivity contribution < 1.29 is 9.72 Å². The molecule has 102 valence electrons. The molecule has 1 heterocycles. The van der Waals surface area contributed by atoms with Crippen LogP contribution in [0.15, 0.2) is 36.5 Å². The number of hydrogen-bond donors (Lipinski definition) is 2. The van der Waals surface area contributed by atoms with Crippen molar-refractivity contribution in [1.82, 2.24) is 4.98 Å². The van der Waals surface area contributed by atoms with E-state index >= 15 is 0 Å². The fourth-order valence-corrected chi connectivity index (χ4v) is 1.81. The summed E-state index contributed by atoms with van der Waals surface area (Å²) in [5.41, 5.74) is 7.24. The Kier molecular flexibility index (Phi) is 3.60. The summed E-state index contributed by atoms with van der Waals surface area (Å²) in [6.45, 7) is 1.38. The van der Waals surface area contributed by atoms with E-state index in [2.05, 4.69) is 10.3 Å². The van der Waals surface area contributed by atoms with Crippen LogP contribution in [0.1, 0.15) is 6.92 Å². The number of amides is 1. The van der Waals surface area contributed by atoms with Crippen molar-refractivity contribution in [3.05, 3.63) is 46.6 Å². The Morgan fingerprint density at radius 2 is 2.15 bits per heavy atom. The molecule has 0 unspecified atom stereocenters. The fourth-order valence-electron chi connectivity index (χ4n) is 1.81. The number of hydrogen-bond acceptors (Lipinski definition) is 5. The van der Waals surface area contributed by atoms with Gasteiger partial charge in [-0.25, -0.2) is 4.98 Å². The van der Waals surface area contributed by atoms with Crippen molar-refractivity contribution in [3.63, 3.8) is 0 Å². The minimum Gasteiger partial charge on any atom is -0.398 e. The summed E-state index contributed by atoms with van der Waals surface area (Å²) in [4.78, 5) is 25.5. The van der Waals surface area contributed by atoms with Gasteiger partial charge in [-0.2, -0.15) is 0 Å². The highest BCUT2D eigenvalue weighted by atomic mass is 16.6. The second-order valence-electron chi connectivity index (χ2n) is 4.11. The van der Waals surface area contributed by atoms with Crippen LogP contribution in [0.2, 0.25) is 0 Å². The van der Waals surface area contributed by atoms with E-state index in [1.807, 2.05) is 0 Å². The predicted octanol–water partition coefficient (Wildman–Crippen LogP) is 2.20. The van der Waals surface area contributed by atoms with Crippen LogP contribution in [-0.2, 0) is 4.79 Å². The highest BCUT2D eigenvalue weighted by Crippen LogP contribution is 2.32. The molecule has 1 aromatic carbocycles. The first-order valence-corrected chi connectivity index (χ1v) is 5.76. The smallest absolute Gasteiger partial charge is 0.295 e. The van der Waals surface area contributed by atoms with Gasteiger partial charge in [-0.15, -0.1) is 0 Å². The molecular formula is C13H12N4O3. The van der Waals surface area contributed by atoms with E-state index in [1.54, 1.807) is 12.1 Å². The Morgan fingerprint density at radius 3 is 2.75 bits per heavy atom. The first kappa shape index (κ1) is 13.5. The van der Waals surface area contributed by atoms with E-state index in [0.717, 1.165) is 0 Å². The number of pyridine rings is 1. The lowest BCUT2D eigenvalue weighted by molar-refractivity contribution is -0.384. The van der Waals surface area contributed by atoms with Crippen LogP contribution in [-0.4, -0.2) is 15.8 Å². The van der Waals surface area contributed by atoms with Crippen molar-refractivity contribution >= 4 is 23.0 Å². The number of carbonyl (C=O) groups is 1. The van der Waals surface area contributed by atoms with Crippen molar-refractivity contribution in [2.75, 3.05) is 11.1 Å². The minimum absolute atomic E-state index is 0.119. The Bertz CT molecular complexity index is 685. The van der Waals surface area contributed by atoms with E-state index in [1.165, 1.54) is 31.3 Å². The quantitative estimate of drug-likeness (QED) is 0.505. The summed E-state index contributed by atoms with van der Waals surface area (Å²) in [5.74, 6) is -0.221. The summed E-state index contributed by atoms with van der Waals surface area (Å²) in [7, 11) is 0. The molecule has 20 heavy (non-hydrogen) atoms. The van der Waals surface area contributed by atoms with E-state index in [4.69, 9.17) is 5.73 Å². The molecule has 7 nitrogen and oxygen atoms in total. The molecule has 0 aliphatic heterocycles. The number of carbonyl (C=O) groups excluding carboxylic acids is 1. The van der Waals surface area contributed by atoms with Crippen molar-refractivity contribution in [1.29, 1.82) is 0 Å². The van der Waals surface area contributed by atoms with Crippen LogP contribution in [0.25, 0.3) is 11.3 Å². The minimum atomic E-state index is -0.510. The topological polar surface area (TPSA) is 111 Å². The lowest BCUT2D eigenvalue weighted by atomic mass is 10.1. The molecule has 0 spiro atoms. The third kappa shape index (κ3) is 2.72. The van der Waals surface area contributed by atoms with Gasteiger partial charge in [-0.3, -0.25) is 14.9 Å². The fraction of sp³-hybridized carbons (Fsp3) is 0.0769. The van der Waals surface area contributed by atoms with Crippen LogP contribution >= 0.6 is 0 Å². The lowest BCUT2D eigenvalue weighted by Crippen LogP contribution is -2.06. The van der Waals surface area contributed by atoms with Gasteiger partial charge in [0, 0.05) is 36.1 Å². The molecule has 2 aromatic rings. The second kappa shape index (κ2) is 5.35. The van der Waals surface area contributed by atoms with Crippen LogP contribution in [0.4, 0.5) is 17.1 Å². The molecule has 7 heteroatoms. The first-order valence-electron chi connectivity index (χ1n) is 5.76. The molecule has 1 aromatic heterocycles. The Morgan fingerprint density at radius 1 is 1.40 bits per heavy atom. The number of aromatic nitrogens is 1. The number of benzene rings is 1. The van der Waals surface area contributed by atoms with Gasteiger partial charge in [0.15, 0.2) is 0 Å². The number of rotatable bonds is 3. The summed E-state index contributed by atoms with van der Waals surface area (Å²) in [6.07, 6.45) is 1.46. The van der Waals surface area contributed by atoms with E-state index < -0.39 is 4.92 Å². The van der Waals surface area contributed by atoms with Gasteiger partial charge >= 0.3 is 0 Å². The van der Waals surface area contributed by atoms with Crippen molar-refractivity contribution in [2.24, 2.45) is 0 Å². The van der Waals surface area contributed by atoms with Crippen LogP contribution < -0.4 is 11.1 Å². The molecule has 0 aliphatic rings. The van der Waals surface area contributed by atoms with Gasteiger partial charge in [-0.1, -0.05) is 0 Å². The largest absolute Gasteiger partial charge is 0.398 e. The number of nitrogens with one attached hydrogen (secondary N) is 1. The van der Waals surface area contributed by atoms with Gasteiger partial charge < -0.3 is 11.1 Å². The predicted molar refractivity (Wildman–Crippen MR) is 75.0 cm³/mol. The molecule has 1 amide bonds. The summed E-state index contributed by atoms with van der Waals surface area (Å²) in [6, 6.07) is 7.60. The molecule has 0 aliphatic carbocycles. The SMILES string of the molecule is CC(=O)Nc1ccc(-c2ncccc2[N+](=O)[O-])c(N)c1. The van der Waals surface area contributed by atoms with Crippen LogP contribution in [0.5, 0.6) is 0 Å². The van der Waals surface area contributed by atoms with Crippen LogP contribution in [0.3, 0.4) is 0 Å². The van der Waals surface area contributed by atoms with E-state index in [0.29, 0.717) is 16.9 Å².